The van der Waals surface area contributed by atoms with E-state index in [4.69, 9.17) is 15.6 Å². The molecule has 0 fully saturated rings. The minimum absolute atomic E-state index is 0.00103. The highest BCUT2D eigenvalue weighted by Gasteiger charge is 2.06. The van der Waals surface area contributed by atoms with E-state index in [2.05, 4.69) is 12.2 Å². The Morgan fingerprint density at radius 3 is 1.45 bits per heavy atom. The van der Waals surface area contributed by atoms with Crippen molar-refractivity contribution in [2.24, 2.45) is 5.73 Å². The van der Waals surface area contributed by atoms with Gasteiger partial charge >= 0.3 is 11.9 Å². The standard InChI is InChI=1S/C38H76N2O4/c1-2-3-4-5-6-7-14-19-24-29-34-44-38(43)32-27-22-17-12-9-13-18-23-28-33-40-36(35-39)30-25-20-15-10-8-11-16-21-26-31-37(41)42/h36,40H,2-35,39H2,1H3,(H,41,42). The third-order valence-electron chi connectivity index (χ3n) is 8.98. The fourth-order valence-electron chi connectivity index (χ4n) is 5.99. The zero-order valence-electron chi connectivity index (χ0n) is 29.4. The SMILES string of the molecule is CCCCCCCCCCCCOC(=O)CCCCCCCCCCCNC(CN)CCCCCCCCCCCC(=O)O. The quantitative estimate of drug-likeness (QED) is 0.0469. The predicted octanol–water partition coefficient (Wildman–Crippen LogP) is 10.6. The summed E-state index contributed by atoms with van der Waals surface area (Å²) in [6, 6.07) is 0.459. The molecule has 4 N–H and O–H groups in total. The van der Waals surface area contributed by atoms with E-state index in [9.17, 15) is 9.59 Å². The molecule has 0 spiro atoms. The highest BCUT2D eigenvalue weighted by atomic mass is 16.5. The molecule has 0 saturated carbocycles. The van der Waals surface area contributed by atoms with Gasteiger partial charge in [-0.05, 0) is 38.6 Å². The van der Waals surface area contributed by atoms with Gasteiger partial charge < -0.3 is 20.9 Å². The molecule has 6 heteroatoms. The van der Waals surface area contributed by atoms with Gasteiger partial charge in [-0.2, -0.15) is 0 Å². The Morgan fingerprint density at radius 2 is 0.977 bits per heavy atom. The molecule has 0 aliphatic heterocycles. The highest BCUT2D eigenvalue weighted by molar-refractivity contribution is 5.69. The monoisotopic (exact) mass is 625 g/mol. The number of nitrogens with one attached hydrogen (secondary N) is 1. The van der Waals surface area contributed by atoms with Gasteiger partial charge in [0, 0.05) is 25.4 Å². The van der Waals surface area contributed by atoms with Crippen LogP contribution in [0.4, 0.5) is 0 Å². The fourth-order valence-corrected chi connectivity index (χ4v) is 5.99. The van der Waals surface area contributed by atoms with Gasteiger partial charge in [0.1, 0.15) is 0 Å². The number of unbranched alkanes of at least 4 members (excludes halogenated alkanes) is 25. The largest absolute Gasteiger partial charge is 0.481 e. The second kappa shape index (κ2) is 36.3. The average molecular weight is 625 g/mol. The third-order valence-corrected chi connectivity index (χ3v) is 8.98. The van der Waals surface area contributed by atoms with Crippen molar-refractivity contribution in [3.05, 3.63) is 0 Å². The average Bonchev–Trinajstić information content (AvgIpc) is 3.01. The topological polar surface area (TPSA) is 102 Å². The Balaban J connectivity index is 3.32. The summed E-state index contributed by atoms with van der Waals surface area (Å²) < 4.78 is 5.42. The fraction of sp³-hybridized carbons (Fsp3) is 0.947. The van der Waals surface area contributed by atoms with Crippen molar-refractivity contribution in [2.45, 2.75) is 212 Å². The zero-order valence-corrected chi connectivity index (χ0v) is 29.4. The van der Waals surface area contributed by atoms with E-state index < -0.39 is 5.97 Å². The summed E-state index contributed by atoms with van der Waals surface area (Å²) in [7, 11) is 0. The molecule has 0 heterocycles. The van der Waals surface area contributed by atoms with E-state index in [1.165, 1.54) is 154 Å². The molecule has 0 aliphatic carbocycles. The molecule has 0 aliphatic rings. The van der Waals surface area contributed by atoms with Gasteiger partial charge in [-0.1, -0.05) is 161 Å². The smallest absolute Gasteiger partial charge is 0.305 e. The molecule has 6 nitrogen and oxygen atoms in total. The molecule has 0 aromatic heterocycles. The first-order valence-corrected chi connectivity index (χ1v) is 19.4. The van der Waals surface area contributed by atoms with Gasteiger partial charge in [0.15, 0.2) is 0 Å². The summed E-state index contributed by atoms with van der Waals surface area (Å²) in [5.41, 5.74) is 5.99. The summed E-state index contributed by atoms with van der Waals surface area (Å²) in [6.45, 7) is 4.69. The number of hydrogen-bond acceptors (Lipinski definition) is 5. The molecule has 0 radical (unpaired) electrons. The number of carboxylic acids is 1. The molecule has 0 bridgehead atoms. The van der Waals surface area contributed by atoms with Crippen LogP contribution in [0.5, 0.6) is 0 Å². The molecule has 0 aromatic rings. The van der Waals surface area contributed by atoms with E-state index in [0.29, 0.717) is 25.5 Å². The summed E-state index contributed by atoms with van der Waals surface area (Å²) in [5.74, 6) is -0.670. The number of carbonyl (C=O) groups is 2. The first kappa shape index (κ1) is 42.9. The Bertz CT molecular complexity index is 601. The van der Waals surface area contributed by atoms with Crippen LogP contribution in [0.25, 0.3) is 0 Å². The zero-order chi connectivity index (χ0) is 32.2. The predicted molar refractivity (Wildman–Crippen MR) is 188 cm³/mol. The van der Waals surface area contributed by atoms with Crippen molar-refractivity contribution in [3.8, 4) is 0 Å². The van der Waals surface area contributed by atoms with Gasteiger partial charge in [-0.3, -0.25) is 9.59 Å². The van der Waals surface area contributed by atoms with E-state index in [-0.39, 0.29) is 5.97 Å². The second-order valence-electron chi connectivity index (χ2n) is 13.3. The Hall–Kier alpha value is -1.14. The maximum absolute atomic E-state index is 11.9. The number of carbonyl (C=O) groups excluding carboxylic acids is 1. The van der Waals surface area contributed by atoms with Crippen LogP contribution in [0.2, 0.25) is 0 Å². The van der Waals surface area contributed by atoms with Crippen LogP contribution in [-0.4, -0.2) is 42.8 Å². The summed E-state index contributed by atoms with van der Waals surface area (Å²) in [4.78, 5) is 22.4. The lowest BCUT2D eigenvalue weighted by Crippen LogP contribution is -2.36. The van der Waals surface area contributed by atoms with E-state index in [1.807, 2.05) is 0 Å². The normalized spacial score (nSPS) is 12.0. The Morgan fingerprint density at radius 1 is 0.568 bits per heavy atom. The van der Waals surface area contributed by atoms with Gasteiger partial charge in [-0.25, -0.2) is 0 Å². The minimum Gasteiger partial charge on any atom is -0.481 e. The van der Waals surface area contributed by atoms with Crippen LogP contribution >= 0.6 is 0 Å². The van der Waals surface area contributed by atoms with Crippen LogP contribution in [0, 0.1) is 0 Å². The Labute approximate surface area is 273 Å². The first-order valence-electron chi connectivity index (χ1n) is 19.4. The molecule has 0 saturated heterocycles. The van der Waals surface area contributed by atoms with Crippen LogP contribution in [0.15, 0.2) is 0 Å². The van der Waals surface area contributed by atoms with Gasteiger partial charge in [0.25, 0.3) is 0 Å². The minimum atomic E-state index is -0.671. The van der Waals surface area contributed by atoms with Crippen LogP contribution in [0.1, 0.15) is 206 Å². The number of hydrogen-bond donors (Lipinski definition) is 3. The van der Waals surface area contributed by atoms with Crippen LogP contribution in [0.3, 0.4) is 0 Å². The lowest BCUT2D eigenvalue weighted by molar-refractivity contribution is -0.144. The molecular weight excluding hydrogens is 548 g/mol. The molecule has 0 rings (SSSR count). The molecule has 0 amide bonds. The van der Waals surface area contributed by atoms with Crippen molar-refractivity contribution in [2.75, 3.05) is 19.7 Å². The van der Waals surface area contributed by atoms with Crippen molar-refractivity contribution < 1.29 is 19.4 Å². The molecular formula is C38H76N2O4. The lowest BCUT2D eigenvalue weighted by Gasteiger charge is -2.16. The molecule has 1 unspecified atom stereocenters. The molecule has 0 aromatic carbocycles. The third kappa shape index (κ3) is 35.3. The first-order chi connectivity index (χ1) is 21.6. The van der Waals surface area contributed by atoms with Crippen molar-refractivity contribution in [1.29, 1.82) is 0 Å². The van der Waals surface area contributed by atoms with Crippen LogP contribution in [-0.2, 0) is 14.3 Å². The maximum Gasteiger partial charge on any atom is 0.305 e. The van der Waals surface area contributed by atoms with Gasteiger partial charge in [0.05, 0.1) is 6.61 Å². The number of ether oxygens (including phenoxy) is 1. The van der Waals surface area contributed by atoms with Crippen molar-refractivity contribution in [1.82, 2.24) is 5.32 Å². The maximum atomic E-state index is 11.9. The van der Waals surface area contributed by atoms with Gasteiger partial charge in [-0.15, -0.1) is 0 Å². The Kier molecular flexibility index (Phi) is 35.4. The lowest BCUT2D eigenvalue weighted by atomic mass is 10.0. The number of esters is 1. The van der Waals surface area contributed by atoms with E-state index >= 15 is 0 Å². The summed E-state index contributed by atoms with van der Waals surface area (Å²) >= 11 is 0. The molecule has 44 heavy (non-hydrogen) atoms. The number of aliphatic carboxylic acids is 1. The van der Waals surface area contributed by atoms with Crippen LogP contribution < -0.4 is 11.1 Å². The number of carboxylic acid groups (broad SMARTS) is 1. The molecule has 262 valence electrons. The van der Waals surface area contributed by atoms with E-state index in [1.54, 1.807) is 0 Å². The van der Waals surface area contributed by atoms with Crippen molar-refractivity contribution in [3.63, 3.8) is 0 Å². The molecule has 1 atom stereocenters. The van der Waals surface area contributed by atoms with Crippen molar-refractivity contribution >= 4 is 11.9 Å². The number of rotatable bonds is 37. The highest BCUT2D eigenvalue weighted by Crippen LogP contribution is 2.14. The van der Waals surface area contributed by atoms with Gasteiger partial charge in [0.2, 0.25) is 0 Å². The summed E-state index contributed by atoms with van der Waals surface area (Å²) in [6.07, 6.45) is 37.0. The summed E-state index contributed by atoms with van der Waals surface area (Å²) in [5, 5.41) is 12.3. The van der Waals surface area contributed by atoms with E-state index in [0.717, 1.165) is 45.2 Å². The second-order valence-corrected chi connectivity index (χ2v) is 13.3. The number of nitrogens with two attached hydrogens (primary N) is 1.